The topological polar surface area (TPSA) is 73.2 Å². The minimum absolute atomic E-state index is 0.121. The number of hydrogen-bond donors (Lipinski definition) is 1. The molecule has 9 heteroatoms. The maximum atomic E-state index is 13.2. The molecule has 0 bridgehead atoms. The zero-order valence-corrected chi connectivity index (χ0v) is 14.6. The van der Waals surface area contributed by atoms with Gasteiger partial charge in [-0.25, -0.2) is 4.98 Å². The highest BCUT2D eigenvalue weighted by atomic mass is 19.4. The average Bonchev–Trinajstić information content (AvgIpc) is 2.91. The molecule has 1 N–H and O–H groups in total. The average molecular weight is 371 g/mol. The summed E-state index contributed by atoms with van der Waals surface area (Å²) in [7, 11) is 0. The molecule has 1 amide bonds. The molecule has 1 aromatic heterocycles. The monoisotopic (exact) mass is 371 g/mol. The van der Waals surface area contributed by atoms with Gasteiger partial charge in [0, 0.05) is 6.54 Å². The molecule has 0 radical (unpaired) electrons. The summed E-state index contributed by atoms with van der Waals surface area (Å²) in [5.74, 6) is -2.43. The number of nitrogens with zero attached hydrogens (tertiary/aromatic N) is 2. The van der Waals surface area contributed by atoms with Crippen molar-refractivity contribution in [1.82, 2.24) is 14.9 Å². The number of para-hydroxylation sites is 2. The maximum absolute atomic E-state index is 13.2. The lowest BCUT2D eigenvalue weighted by Gasteiger charge is -2.16. The van der Waals surface area contributed by atoms with Gasteiger partial charge in [0.05, 0.1) is 11.0 Å². The van der Waals surface area contributed by atoms with Gasteiger partial charge in [0.25, 0.3) is 5.91 Å². The van der Waals surface area contributed by atoms with Gasteiger partial charge in [0.15, 0.2) is 6.10 Å². The zero-order chi connectivity index (χ0) is 19.5. The summed E-state index contributed by atoms with van der Waals surface area (Å²) in [6.07, 6.45) is -5.83. The van der Waals surface area contributed by atoms with Crippen LogP contribution in [0, 0.1) is 5.92 Å². The first-order valence-corrected chi connectivity index (χ1v) is 8.09. The van der Waals surface area contributed by atoms with Gasteiger partial charge in [-0.15, -0.1) is 0 Å². The van der Waals surface area contributed by atoms with Crippen LogP contribution < -0.4 is 5.32 Å². The number of alkyl halides is 3. The Balaban J connectivity index is 2.15. The van der Waals surface area contributed by atoms with Gasteiger partial charge in [0.1, 0.15) is 6.54 Å². The van der Waals surface area contributed by atoms with Crippen LogP contribution in [-0.2, 0) is 27.0 Å². The van der Waals surface area contributed by atoms with Gasteiger partial charge in [-0.3, -0.25) is 9.59 Å². The number of halogens is 3. The van der Waals surface area contributed by atoms with E-state index >= 15 is 0 Å². The van der Waals surface area contributed by atoms with E-state index in [9.17, 15) is 22.8 Å². The van der Waals surface area contributed by atoms with Crippen LogP contribution in [0.4, 0.5) is 13.2 Å². The van der Waals surface area contributed by atoms with Crippen molar-refractivity contribution in [2.24, 2.45) is 5.92 Å². The Bertz CT molecular complexity index is 799. The third-order valence-corrected chi connectivity index (χ3v) is 3.56. The smallest absolute Gasteiger partial charge is 0.449 e. The molecule has 6 nitrogen and oxygen atoms in total. The fourth-order valence-corrected chi connectivity index (χ4v) is 2.32. The van der Waals surface area contributed by atoms with Crippen molar-refractivity contribution in [2.45, 2.75) is 39.6 Å². The van der Waals surface area contributed by atoms with Crippen molar-refractivity contribution in [1.29, 1.82) is 0 Å². The van der Waals surface area contributed by atoms with Crippen molar-refractivity contribution in [3.05, 3.63) is 30.1 Å². The summed E-state index contributed by atoms with van der Waals surface area (Å²) in [5, 5.41) is 2.60. The third-order valence-electron chi connectivity index (χ3n) is 3.56. The van der Waals surface area contributed by atoms with E-state index in [0.717, 1.165) is 4.57 Å². The van der Waals surface area contributed by atoms with E-state index in [2.05, 4.69) is 10.3 Å². The molecule has 26 heavy (non-hydrogen) atoms. The lowest BCUT2D eigenvalue weighted by molar-refractivity contribution is -0.157. The van der Waals surface area contributed by atoms with E-state index in [0.29, 0.717) is 6.54 Å². The van der Waals surface area contributed by atoms with Gasteiger partial charge in [0.2, 0.25) is 5.82 Å². The van der Waals surface area contributed by atoms with E-state index in [1.165, 1.54) is 19.1 Å². The van der Waals surface area contributed by atoms with E-state index in [1.807, 2.05) is 13.8 Å². The SMILES string of the molecule is CC(C)CNC(=O)C(C)OC(=O)Cn1c(C(F)(F)F)nc2ccccc21. The number of fused-ring (bicyclic) bond motifs is 1. The van der Waals surface area contributed by atoms with Crippen LogP contribution >= 0.6 is 0 Å². The minimum Gasteiger partial charge on any atom is -0.451 e. The molecule has 0 spiro atoms. The normalized spacial score (nSPS) is 13.0. The van der Waals surface area contributed by atoms with Gasteiger partial charge >= 0.3 is 12.1 Å². The molecule has 1 aromatic carbocycles. The second-order valence-corrected chi connectivity index (χ2v) is 6.28. The number of nitrogens with one attached hydrogen (secondary N) is 1. The lowest BCUT2D eigenvalue weighted by Crippen LogP contribution is -2.38. The third kappa shape index (κ3) is 4.74. The fraction of sp³-hybridized carbons (Fsp3) is 0.471. The summed E-state index contributed by atoms with van der Waals surface area (Å²) in [6, 6.07) is 5.96. The number of aromatic nitrogens is 2. The number of imidazole rings is 1. The van der Waals surface area contributed by atoms with Crippen LogP contribution in [0.3, 0.4) is 0 Å². The molecule has 0 aliphatic carbocycles. The van der Waals surface area contributed by atoms with Crippen LogP contribution in [0.2, 0.25) is 0 Å². The summed E-state index contributed by atoms with van der Waals surface area (Å²) in [4.78, 5) is 27.5. The Kier molecular flexibility index (Phi) is 5.89. The number of rotatable bonds is 6. The maximum Gasteiger partial charge on any atom is 0.449 e. The van der Waals surface area contributed by atoms with Gasteiger partial charge in [-0.2, -0.15) is 13.2 Å². The number of hydrogen-bond acceptors (Lipinski definition) is 4. The summed E-state index contributed by atoms with van der Waals surface area (Å²) >= 11 is 0. The number of carbonyl (C=O) groups excluding carboxylic acids is 2. The molecule has 2 aromatic rings. The fourth-order valence-electron chi connectivity index (χ4n) is 2.32. The van der Waals surface area contributed by atoms with Crippen molar-refractivity contribution in [2.75, 3.05) is 6.54 Å². The number of ether oxygens (including phenoxy) is 1. The van der Waals surface area contributed by atoms with Crippen molar-refractivity contribution < 1.29 is 27.5 Å². The van der Waals surface area contributed by atoms with Gasteiger partial charge in [-0.05, 0) is 25.0 Å². The molecule has 0 fully saturated rings. The highest BCUT2D eigenvalue weighted by Gasteiger charge is 2.38. The predicted molar refractivity (Wildman–Crippen MR) is 88.1 cm³/mol. The standard InChI is InChI=1S/C17H20F3N3O3/c1-10(2)8-21-15(25)11(3)26-14(24)9-23-13-7-5-4-6-12(13)22-16(23)17(18,19)20/h4-7,10-11H,8-9H2,1-3H3,(H,21,25). The number of esters is 1. The van der Waals surface area contributed by atoms with Crippen molar-refractivity contribution >= 4 is 22.9 Å². The van der Waals surface area contributed by atoms with E-state index in [1.54, 1.807) is 12.1 Å². The molecule has 142 valence electrons. The summed E-state index contributed by atoms with van der Waals surface area (Å²) in [5.41, 5.74) is 0.282. The van der Waals surface area contributed by atoms with Gasteiger partial charge in [-0.1, -0.05) is 26.0 Å². The van der Waals surface area contributed by atoms with Crippen LogP contribution in [0.1, 0.15) is 26.6 Å². The molecule has 2 rings (SSSR count). The molecule has 0 aliphatic rings. The Morgan fingerprint density at radius 3 is 2.50 bits per heavy atom. The summed E-state index contributed by atoms with van der Waals surface area (Å²) in [6.45, 7) is 4.88. The Hall–Kier alpha value is -2.58. The van der Waals surface area contributed by atoms with Crippen molar-refractivity contribution in [3.63, 3.8) is 0 Å². The number of carbonyl (C=O) groups is 2. The highest BCUT2D eigenvalue weighted by Crippen LogP contribution is 2.31. The van der Waals surface area contributed by atoms with Crippen LogP contribution in [-0.4, -0.2) is 34.1 Å². The Morgan fingerprint density at radius 2 is 1.88 bits per heavy atom. The molecule has 1 unspecified atom stereocenters. The second kappa shape index (κ2) is 7.76. The van der Waals surface area contributed by atoms with Crippen molar-refractivity contribution in [3.8, 4) is 0 Å². The number of benzene rings is 1. The number of amides is 1. The largest absolute Gasteiger partial charge is 0.451 e. The molecule has 0 aliphatic heterocycles. The molecular weight excluding hydrogens is 351 g/mol. The zero-order valence-electron chi connectivity index (χ0n) is 14.6. The quantitative estimate of drug-likeness (QED) is 0.793. The van der Waals surface area contributed by atoms with Crippen LogP contribution in [0.25, 0.3) is 11.0 Å². The molecule has 0 saturated heterocycles. The molecule has 0 saturated carbocycles. The second-order valence-electron chi connectivity index (χ2n) is 6.28. The Morgan fingerprint density at radius 1 is 1.23 bits per heavy atom. The molecular formula is C17H20F3N3O3. The first-order valence-electron chi connectivity index (χ1n) is 8.09. The van der Waals surface area contributed by atoms with Gasteiger partial charge < -0.3 is 14.6 Å². The van der Waals surface area contributed by atoms with E-state index < -0.39 is 36.5 Å². The lowest BCUT2D eigenvalue weighted by atomic mass is 10.2. The Labute approximate surface area is 148 Å². The highest BCUT2D eigenvalue weighted by molar-refractivity contribution is 5.84. The summed E-state index contributed by atoms with van der Waals surface area (Å²) < 4.78 is 45.3. The molecule has 1 heterocycles. The molecule has 1 atom stereocenters. The van der Waals surface area contributed by atoms with E-state index in [4.69, 9.17) is 4.74 Å². The minimum atomic E-state index is -4.72. The predicted octanol–water partition coefficient (Wildman–Crippen LogP) is 2.76. The van der Waals surface area contributed by atoms with Crippen LogP contribution in [0.15, 0.2) is 24.3 Å². The first kappa shape index (κ1) is 19.7. The van der Waals surface area contributed by atoms with E-state index in [-0.39, 0.29) is 17.0 Å². The van der Waals surface area contributed by atoms with Crippen LogP contribution in [0.5, 0.6) is 0 Å². The first-order chi connectivity index (χ1) is 12.1.